The van der Waals surface area contributed by atoms with Gasteiger partial charge in [-0.05, 0) is 6.42 Å². The SMILES string of the molecule is COCCCc1nc2c(c(=O)[nH]1)CNCC2. The van der Waals surface area contributed by atoms with Gasteiger partial charge in [-0.1, -0.05) is 0 Å². The first-order valence-electron chi connectivity index (χ1n) is 5.62. The lowest BCUT2D eigenvalue weighted by Crippen LogP contribution is -2.32. The lowest BCUT2D eigenvalue weighted by Gasteiger charge is -2.15. The van der Waals surface area contributed by atoms with Gasteiger partial charge in [0.1, 0.15) is 5.82 Å². The summed E-state index contributed by atoms with van der Waals surface area (Å²) in [6, 6.07) is 0. The van der Waals surface area contributed by atoms with Crippen molar-refractivity contribution >= 4 is 0 Å². The number of nitrogens with one attached hydrogen (secondary N) is 2. The van der Waals surface area contributed by atoms with Crippen LogP contribution in [0.25, 0.3) is 0 Å². The molecule has 2 heterocycles. The molecule has 2 rings (SSSR count). The van der Waals surface area contributed by atoms with Crippen molar-refractivity contribution < 1.29 is 4.74 Å². The lowest BCUT2D eigenvalue weighted by molar-refractivity contribution is 0.194. The van der Waals surface area contributed by atoms with E-state index in [4.69, 9.17) is 4.74 Å². The van der Waals surface area contributed by atoms with Crippen LogP contribution >= 0.6 is 0 Å². The summed E-state index contributed by atoms with van der Waals surface area (Å²) in [5.74, 6) is 0.780. The Morgan fingerprint density at radius 3 is 3.19 bits per heavy atom. The summed E-state index contributed by atoms with van der Waals surface area (Å²) in [6.45, 7) is 2.24. The third kappa shape index (κ3) is 2.48. The van der Waals surface area contributed by atoms with Crippen LogP contribution in [0.15, 0.2) is 4.79 Å². The summed E-state index contributed by atoms with van der Waals surface area (Å²) in [5, 5.41) is 3.17. The highest BCUT2D eigenvalue weighted by atomic mass is 16.5. The zero-order chi connectivity index (χ0) is 11.4. The second-order valence-corrected chi connectivity index (χ2v) is 3.96. The van der Waals surface area contributed by atoms with Crippen LogP contribution in [0.2, 0.25) is 0 Å². The molecular weight excluding hydrogens is 206 g/mol. The number of methoxy groups -OCH3 is 1. The number of hydrogen-bond donors (Lipinski definition) is 2. The average Bonchev–Trinajstić information content (AvgIpc) is 2.30. The Labute approximate surface area is 94.2 Å². The standard InChI is InChI=1S/C11H17N3O2/c1-16-6-2-3-10-13-9-4-5-12-7-8(9)11(15)14-10/h12H,2-7H2,1H3,(H,13,14,15). The number of rotatable bonds is 4. The summed E-state index contributed by atoms with van der Waals surface area (Å²) < 4.78 is 4.98. The molecule has 0 atom stereocenters. The van der Waals surface area contributed by atoms with E-state index < -0.39 is 0 Å². The first kappa shape index (κ1) is 11.3. The number of hydrogen-bond acceptors (Lipinski definition) is 4. The average molecular weight is 223 g/mol. The van der Waals surface area contributed by atoms with Crippen LogP contribution in [-0.2, 0) is 24.1 Å². The van der Waals surface area contributed by atoms with Gasteiger partial charge in [0.2, 0.25) is 0 Å². The normalized spacial score (nSPS) is 14.8. The first-order chi connectivity index (χ1) is 7.81. The largest absolute Gasteiger partial charge is 0.385 e. The van der Waals surface area contributed by atoms with Crippen molar-refractivity contribution in [1.82, 2.24) is 15.3 Å². The highest BCUT2D eigenvalue weighted by Gasteiger charge is 2.14. The molecule has 0 fully saturated rings. The van der Waals surface area contributed by atoms with E-state index in [9.17, 15) is 4.79 Å². The number of ether oxygens (including phenoxy) is 1. The number of H-pyrrole nitrogens is 1. The van der Waals surface area contributed by atoms with E-state index in [0.29, 0.717) is 13.2 Å². The minimum absolute atomic E-state index is 0.00427. The third-order valence-electron chi connectivity index (χ3n) is 2.75. The molecule has 0 radical (unpaired) electrons. The molecule has 0 saturated heterocycles. The van der Waals surface area contributed by atoms with Gasteiger partial charge in [-0.25, -0.2) is 4.98 Å². The maximum absolute atomic E-state index is 11.8. The highest BCUT2D eigenvalue weighted by Crippen LogP contribution is 2.07. The Morgan fingerprint density at radius 1 is 1.50 bits per heavy atom. The van der Waals surface area contributed by atoms with E-state index in [2.05, 4.69) is 15.3 Å². The molecule has 0 saturated carbocycles. The first-order valence-corrected chi connectivity index (χ1v) is 5.62. The number of aryl methyl sites for hydroxylation is 1. The molecule has 16 heavy (non-hydrogen) atoms. The van der Waals surface area contributed by atoms with Crippen molar-refractivity contribution in [1.29, 1.82) is 0 Å². The van der Waals surface area contributed by atoms with Gasteiger partial charge in [-0.2, -0.15) is 0 Å². The minimum Gasteiger partial charge on any atom is -0.385 e. The second kappa shape index (κ2) is 5.23. The van der Waals surface area contributed by atoms with Gasteiger partial charge >= 0.3 is 0 Å². The molecule has 88 valence electrons. The summed E-state index contributed by atoms with van der Waals surface area (Å²) in [5.41, 5.74) is 1.75. The van der Waals surface area contributed by atoms with E-state index >= 15 is 0 Å². The number of aromatic nitrogens is 2. The predicted molar refractivity (Wildman–Crippen MR) is 60.5 cm³/mol. The Hall–Kier alpha value is -1.20. The molecule has 0 aliphatic carbocycles. The Bertz CT molecular complexity index is 414. The van der Waals surface area contributed by atoms with Crippen molar-refractivity contribution in [3.63, 3.8) is 0 Å². The van der Waals surface area contributed by atoms with Crippen LogP contribution in [0.1, 0.15) is 23.5 Å². The maximum atomic E-state index is 11.8. The molecule has 2 N–H and O–H groups in total. The highest BCUT2D eigenvalue weighted by molar-refractivity contribution is 5.20. The fourth-order valence-corrected chi connectivity index (χ4v) is 1.91. The zero-order valence-corrected chi connectivity index (χ0v) is 9.51. The van der Waals surface area contributed by atoms with Crippen LogP contribution in [0, 0.1) is 0 Å². The van der Waals surface area contributed by atoms with Crippen molar-refractivity contribution in [2.45, 2.75) is 25.8 Å². The second-order valence-electron chi connectivity index (χ2n) is 3.96. The molecule has 0 aromatic carbocycles. The fraction of sp³-hybridized carbons (Fsp3) is 0.636. The van der Waals surface area contributed by atoms with Crippen LogP contribution in [0.3, 0.4) is 0 Å². The quantitative estimate of drug-likeness (QED) is 0.705. The molecule has 1 aromatic heterocycles. The van der Waals surface area contributed by atoms with E-state index in [1.54, 1.807) is 7.11 Å². The van der Waals surface area contributed by atoms with Gasteiger partial charge in [0, 0.05) is 39.6 Å². The lowest BCUT2D eigenvalue weighted by atomic mass is 10.1. The molecule has 0 spiro atoms. The van der Waals surface area contributed by atoms with E-state index in [0.717, 1.165) is 42.9 Å². The summed E-state index contributed by atoms with van der Waals surface area (Å²) in [7, 11) is 1.68. The maximum Gasteiger partial charge on any atom is 0.255 e. The smallest absolute Gasteiger partial charge is 0.255 e. The van der Waals surface area contributed by atoms with Gasteiger partial charge in [-0.15, -0.1) is 0 Å². The number of fused-ring (bicyclic) bond motifs is 1. The van der Waals surface area contributed by atoms with Crippen molar-refractivity contribution in [3.05, 3.63) is 27.4 Å². The molecule has 0 unspecified atom stereocenters. The van der Waals surface area contributed by atoms with Crippen molar-refractivity contribution in [2.75, 3.05) is 20.3 Å². The molecule has 1 aromatic rings. The molecule has 5 heteroatoms. The Balaban J connectivity index is 2.15. The predicted octanol–water partition coefficient (Wildman–Crippen LogP) is -0.00540. The van der Waals surface area contributed by atoms with Crippen LogP contribution in [-0.4, -0.2) is 30.2 Å². The topological polar surface area (TPSA) is 67.0 Å². The van der Waals surface area contributed by atoms with Gasteiger partial charge < -0.3 is 15.0 Å². The van der Waals surface area contributed by atoms with E-state index in [1.807, 2.05) is 0 Å². The minimum atomic E-state index is 0.00427. The van der Waals surface area contributed by atoms with Crippen LogP contribution in [0.5, 0.6) is 0 Å². The van der Waals surface area contributed by atoms with Crippen LogP contribution in [0.4, 0.5) is 0 Å². The zero-order valence-electron chi connectivity index (χ0n) is 9.51. The van der Waals surface area contributed by atoms with Gasteiger partial charge in [0.05, 0.1) is 11.3 Å². The number of aromatic amines is 1. The molecule has 0 bridgehead atoms. The molecule has 0 amide bonds. The van der Waals surface area contributed by atoms with Gasteiger partial charge in [0.15, 0.2) is 0 Å². The number of nitrogens with zero attached hydrogens (tertiary/aromatic N) is 1. The van der Waals surface area contributed by atoms with Gasteiger partial charge in [0.25, 0.3) is 5.56 Å². The van der Waals surface area contributed by atoms with Crippen LogP contribution < -0.4 is 10.9 Å². The Kier molecular flexibility index (Phi) is 3.69. The van der Waals surface area contributed by atoms with E-state index in [-0.39, 0.29) is 5.56 Å². The van der Waals surface area contributed by atoms with E-state index in [1.165, 1.54) is 0 Å². The Morgan fingerprint density at radius 2 is 2.38 bits per heavy atom. The fourth-order valence-electron chi connectivity index (χ4n) is 1.91. The van der Waals surface area contributed by atoms with Crippen molar-refractivity contribution in [3.8, 4) is 0 Å². The third-order valence-corrected chi connectivity index (χ3v) is 2.75. The summed E-state index contributed by atoms with van der Waals surface area (Å²) in [6.07, 6.45) is 2.50. The molecule has 5 nitrogen and oxygen atoms in total. The van der Waals surface area contributed by atoms with Gasteiger partial charge in [-0.3, -0.25) is 4.79 Å². The summed E-state index contributed by atoms with van der Waals surface area (Å²) in [4.78, 5) is 19.1. The molecule has 1 aliphatic heterocycles. The monoisotopic (exact) mass is 223 g/mol. The van der Waals surface area contributed by atoms with Crippen molar-refractivity contribution in [2.24, 2.45) is 0 Å². The molecule has 1 aliphatic rings. The summed E-state index contributed by atoms with van der Waals surface area (Å²) >= 11 is 0. The molecular formula is C11H17N3O2.